The molecule has 0 atom stereocenters. The fraction of sp³-hybridized carbons (Fsp3) is 0.417. The minimum absolute atomic E-state index is 0.331. The molecule has 1 aliphatic rings. The van der Waals surface area contributed by atoms with E-state index >= 15 is 0 Å². The Bertz CT molecular complexity index is 391. The Kier molecular flexibility index (Phi) is 3.27. The third-order valence-corrected chi connectivity index (χ3v) is 4.07. The van der Waals surface area contributed by atoms with Gasteiger partial charge in [0.05, 0.1) is 5.56 Å². The summed E-state index contributed by atoms with van der Waals surface area (Å²) < 4.78 is 12.9. The van der Waals surface area contributed by atoms with E-state index in [9.17, 15) is 4.39 Å². The molecule has 0 heterocycles. The van der Waals surface area contributed by atoms with Crippen molar-refractivity contribution in [2.45, 2.75) is 35.8 Å². The molecule has 2 rings (SSSR count). The molecular weight excluding hydrogens is 209 g/mol. The van der Waals surface area contributed by atoms with Crippen LogP contribution in [0.3, 0.4) is 0 Å². The highest BCUT2D eigenvalue weighted by atomic mass is 32.2. The Morgan fingerprint density at radius 3 is 2.73 bits per heavy atom. The van der Waals surface area contributed by atoms with Crippen molar-refractivity contribution in [1.82, 2.24) is 0 Å². The second-order valence-electron chi connectivity index (χ2n) is 3.78. The zero-order valence-corrected chi connectivity index (χ0v) is 9.19. The first-order chi connectivity index (χ1) is 7.29. The van der Waals surface area contributed by atoms with E-state index in [1.54, 1.807) is 17.8 Å². The van der Waals surface area contributed by atoms with Crippen LogP contribution >= 0.6 is 11.8 Å². The molecule has 0 N–H and O–H groups in total. The Balaban J connectivity index is 2.16. The van der Waals surface area contributed by atoms with E-state index in [1.165, 1.54) is 37.8 Å². The fourth-order valence-corrected chi connectivity index (χ4v) is 3.18. The van der Waals surface area contributed by atoms with Crippen LogP contribution in [0.4, 0.5) is 4.39 Å². The number of nitrogens with zero attached hydrogens (tertiary/aromatic N) is 1. The molecule has 1 nitrogen and oxygen atoms in total. The topological polar surface area (TPSA) is 23.8 Å². The zero-order valence-electron chi connectivity index (χ0n) is 8.37. The van der Waals surface area contributed by atoms with Gasteiger partial charge >= 0.3 is 0 Å². The molecule has 0 unspecified atom stereocenters. The van der Waals surface area contributed by atoms with E-state index in [-0.39, 0.29) is 5.82 Å². The normalized spacial score (nSPS) is 16.5. The summed E-state index contributed by atoms with van der Waals surface area (Å²) in [6.07, 6.45) is 4.99. The number of benzene rings is 1. The van der Waals surface area contributed by atoms with Gasteiger partial charge in [-0.3, -0.25) is 0 Å². The summed E-state index contributed by atoms with van der Waals surface area (Å²) >= 11 is 1.72. The summed E-state index contributed by atoms with van der Waals surface area (Å²) in [6, 6.07) is 6.51. The second kappa shape index (κ2) is 4.67. The lowest BCUT2D eigenvalue weighted by Gasteiger charge is -2.09. The summed E-state index contributed by atoms with van der Waals surface area (Å²) in [4.78, 5) is 0.922. The number of thioether (sulfide) groups is 1. The molecule has 0 amide bonds. The third kappa shape index (κ3) is 2.51. The van der Waals surface area contributed by atoms with Crippen LogP contribution in [0.15, 0.2) is 23.1 Å². The summed E-state index contributed by atoms with van der Waals surface area (Å²) in [7, 11) is 0. The molecule has 1 fully saturated rings. The molecule has 1 aromatic carbocycles. The monoisotopic (exact) mass is 221 g/mol. The summed E-state index contributed by atoms with van der Waals surface area (Å²) in [5.41, 5.74) is 0.465. The van der Waals surface area contributed by atoms with Crippen molar-refractivity contribution in [2.75, 3.05) is 0 Å². The number of rotatable bonds is 2. The Hall–Kier alpha value is -1.01. The van der Waals surface area contributed by atoms with Gasteiger partial charge in [-0.05, 0) is 31.0 Å². The Morgan fingerprint density at radius 2 is 2.07 bits per heavy atom. The van der Waals surface area contributed by atoms with Crippen LogP contribution in [0.5, 0.6) is 0 Å². The lowest BCUT2D eigenvalue weighted by atomic mass is 10.2. The molecule has 1 aromatic rings. The van der Waals surface area contributed by atoms with Gasteiger partial charge in [0.2, 0.25) is 0 Å². The van der Waals surface area contributed by atoms with Crippen LogP contribution in [0, 0.1) is 17.1 Å². The maximum absolute atomic E-state index is 12.9. The summed E-state index contributed by atoms with van der Waals surface area (Å²) in [5, 5.41) is 9.50. The molecule has 0 spiro atoms. The van der Waals surface area contributed by atoms with E-state index in [0.29, 0.717) is 10.8 Å². The molecule has 1 aliphatic carbocycles. The van der Waals surface area contributed by atoms with E-state index < -0.39 is 0 Å². The first-order valence-electron chi connectivity index (χ1n) is 5.16. The predicted octanol–water partition coefficient (Wildman–Crippen LogP) is 3.73. The highest BCUT2D eigenvalue weighted by Crippen LogP contribution is 2.36. The van der Waals surface area contributed by atoms with Crippen molar-refractivity contribution in [3.8, 4) is 6.07 Å². The van der Waals surface area contributed by atoms with E-state index in [2.05, 4.69) is 0 Å². The average Bonchev–Trinajstić information content (AvgIpc) is 2.73. The average molecular weight is 221 g/mol. The molecule has 0 aliphatic heterocycles. The van der Waals surface area contributed by atoms with Crippen LogP contribution < -0.4 is 0 Å². The van der Waals surface area contributed by atoms with Crippen molar-refractivity contribution < 1.29 is 4.39 Å². The first-order valence-corrected chi connectivity index (χ1v) is 6.04. The quantitative estimate of drug-likeness (QED) is 0.759. The van der Waals surface area contributed by atoms with E-state index in [0.717, 1.165) is 4.90 Å². The molecule has 0 aromatic heterocycles. The van der Waals surface area contributed by atoms with Gasteiger partial charge in [0.15, 0.2) is 0 Å². The Labute approximate surface area is 93.3 Å². The minimum Gasteiger partial charge on any atom is -0.207 e. The lowest BCUT2D eigenvalue weighted by Crippen LogP contribution is -1.95. The predicted molar refractivity (Wildman–Crippen MR) is 59.2 cm³/mol. The van der Waals surface area contributed by atoms with Crippen LogP contribution in [-0.2, 0) is 0 Å². The molecule has 0 saturated heterocycles. The number of hydrogen-bond donors (Lipinski definition) is 0. The molecule has 15 heavy (non-hydrogen) atoms. The van der Waals surface area contributed by atoms with Gasteiger partial charge in [0.1, 0.15) is 11.9 Å². The third-order valence-electron chi connectivity index (χ3n) is 2.66. The molecular formula is C12H12FNS. The number of hydrogen-bond acceptors (Lipinski definition) is 2. The zero-order chi connectivity index (χ0) is 10.7. The van der Waals surface area contributed by atoms with Crippen molar-refractivity contribution >= 4 is 11.8 Å². The highest BCUT2D eigenvalue weighted by Gasteiger charge is 2.17. The van der Waals surface area contributed by atoms with Gasteiger partial charge in [0, 0.05) is 10.1 Å². The van der Waals surface area contributed by atoms with Crippen LogP contribution in [0.25, 0.3) is 0 Å². The van der Waals surface area contributed by atoms with Crippen LogP contribution in [-0.4, -0.2) is 5.25 Å². The molecule has 3 heteroatoms. The van der Waals surface area contributed by atoms with Crippen molar-refractivity contribution in [1.29, 1.82) is 5.26 Å². The largest absolute Gasteiger partial charge is 0.207 e. The van der Waals surface area contributed by atoms with E-state index in [1.807, 2.05) is 6.07 Å². The number of halogens is 1. The van der Waals surface area contributed by atoms with Crippen molar-refractivity contribution in [2.24, 2.45) is 0 Å². The highest BCUT2D eigenvalue weighted by molar-refractivity contribution is 8.00. The van der Waals surface area contributed by atoms with Crippen molar-refractivity contribution in [3.05, 3.63) is 29.6 Å². The maximum Gasteiger partial charge on any atom is 0.124 e. The molecule has 0 bridgehead atoms. The van der Waals surface area contributed by atoms with Crippen molar-refractivity contribution in [3.63, 3.8) is 0 Å². The van der Waals surface area contributed by atoms with Gasteiger partial charge < -0.3 is 0 Å². The molecule has 78 valence electrons. The molecule has 0 radical (unpaired) electrons. The van der Waals surface area contributed by atoms with Crippen LogP contribution in [0.2, 0.25) is 0 Å². The fourth-order valence-electron chi connectivity index (χ4n) is 1.88. The summed E-state index contributed by atoms with van der Waals surface area (Å²) in [5.74, 6) is -0.331. The van der Waals surface area contributed by atoms with Gasteiger partial charge in [-0.25, -0.2) is 4.39 Å². The summed E-state index contributed by atoms with van der Waals surface area (Å²) in [6.45, 7) is 0. The van der Waals surface area contributed by atoms with Gasteiger partial charge in [0.25, 0.3) is 0 Å². The van der Waals surface area contributed by atoms with Crippen LogP contribution in [0.1, 0.15) is 31.2 Å². The number of nitriles is 1. The van der Waals surface area contributed by atoms with Gasteiger partial charge in [-0.15, -0.1) is 11.8 Å². The SMILES string of the molecule is N#Cc1cc(F)ccc1SC1CCCC1. The standard InChI is InChI=1S/C12H12FNS/c13-10-5-6-12(9(7-10)8-14)15-11-3-1-2-4-11/h5-7,11H,1-4H2. The second-order valence-corrected chi connectivity index (χ2v) is 5.12. The van der Waals surface area contributed by atoms with Gasteiger partial charge in [-0.1, -0.05) is 12.8 Å². The first kappa shape index (κ1) is 10.5. The van der Waals surface area contributed by atoms with Gasteiger partial charge in [-0.2, -0.15) is 5.26 Å². The lowest BCUT2D eigenvalue weighted by molar-refractivity contribution is 0.626. The minimum atomic E-state index is -0.331. The van der Waals surface area contributed by atoms with E-state index in [4.69, 9.17) is 5.26 Å². The smallest absolute Gasteiger partial charge is 0.124 e. The Morgan fingerprint density at radius 1 is 1.33 bits per heavy atom. The maximum atomic E-state index is 12.9. The molecule has 1 saturated carbocycles.